The molecule has 0 aliphatic rings. The third-order valence-electron chi connectivity index (χ3n) is 0.799. The number of hydrogen-bond donors (Lipinski definition) is 1. The SMILES string of the molecule is N#Cc1[c]ncnc1N. The van der Waals surface area contributed by atoms with Crippen molar-refractivity contribution in [2.24, 2.45) is 0 Å². The van der Waals surface area contributed by atoms with E-state index in [1.807, 2.05) is 0 Å². The van der Waals surface area contributed by atoms with Crippen molar-refractivity contribution in [1.82, 2.24) is 9.97 Å². The number of nitrogens with zero attached hydrogens (tertiary/aromatic N) is 3. The van der Waals surface area contributed by atoms with Crippen LogP contribution in [0.25, 0.3) is 0 Å². The van der Waals surface area contributed by atoms with Crippen LogP contribution in [0.5, 0.6) is 0 Å². The van der Waals surface area contributed by atoms with Crippen LogP contribution in [0.4, 0.5) is 5.82 Å². The lowest BCUT2D eigenvalue weighted by atomic mass is 10.3. The van der Waals surface area contributed by atoms with E-state index in [4.69, 9.17) is 11.0 Å². The molecule has 0 unspecified atom stereocenters. The second-order valence-corrected chi connectivity index (χ2v) is 1.36. The Bertz CT molecular complexity index is 249. The van der Waals surface area contributed by atoms with Gasteiger partial charge < -0.3 is 5.73 Å². The van der Waals surface area contributed by atoms with Crippen molar-refractivity contribution >= 4 is 5.82 Å². The Morgan fingerprint density at radius 1 is 1.78 bits per heavy atom. The first kappa shape index (κ1) is 5.51. The maximum Gasteiger partial charge on any atom is 0.145 e. The van der Waals surface area contributed by atoms with Crippen molar-refractivity contribution < 1.29 is 0 Å². The van der Waals surface area contributed by atoms with Gasteiger partial charge in [0, 0.05) is 0 Å². The number of nitriles is 1. The minimum Gasteiger partial charge on any atom is -0.382 e. The summed E-state index contributed by atoms with van der Waals surface area (Å²) in [5, 5.41) is 8.28. The van der Waals surface area contributed by atoms with Gasteiger partial charge in [-0.05, 0) is 0 Å². The fourth-order valence-corrected chi connectivity index (χ4v) is 0.389. The molecule has 0 atom stereocenters. The molecular weight excluding hydrogens is 116 g/mol. The summed E-state index contributed by atoms with van der Waals surface area (Å²) in [7, 11) is 0. The Balaban J connectivity index is 3.20. The predicted octanol–water partition coefficient (Wildman–Crippen LogP) is -0.269. The number of nitrogens with two attached hydrogens (primary N) is 1. The van der Waals surface area contributed by atoms with Crippen LogP contribution in [0.15, 0.2) is 6.33 Å². The average Bonchev–Trinajstić information content (AvgIpc) is 1.89. The van der Waals surface area contributed by atoms with E-state index in [9.17, 15) is 0 Å². The van der Waals surface area contributed by atoms with Gasteiger partial charge in [0.05, 0.1) is 0 Å². The van der Waals surface area contributed by atoms with Gasteiger partial charge in [-0.1, -0.05) is 0 Å². The molecular formula is C5H3N4. The van der Waals surface area contributed by atoms with Gasteiger partial charge in [0.1, 0.15) is 30.0 Å². The molecule has 0 saturated carbocycles. The summed E-state index contributed by atoms with van der Waals surface area (Å²) in [6.45, 7) is 0. The van der Waals surface area contributed by atoms with E-state index in [2.05, 4.69) is 16.2 Å². The molecule has 0 aliphatic heterocycles. The van der Waals surface area contributed by atoms with Crippen molar-refractivity contribution in [3.8, 4) is 6.07 Å². The van der Waals surface area contributed by atoms with Crippen LogP contribution in [-0.4, -0.2) is 9.97 Å². The molecule has 0 fully saturated rings. The molecule has 1 aromatic heterocycles. The highest BCUT2D eigenvalue weighted by Gasteiger charge is 1.95. The zero-order valence-electron chi connectivity index (χ0n) is 4.50. The molecule has 43 valence electrons. The Labute approximate surface area is 52.0 Å². The van der Waals surface area contributed by atoms with Crippen LogP contribution >= 0.6 is 0 Å². The van der Waals surface area contributed by atoms with Crippen LogP contribution in [0.3, 0.4) is 0 Å². The Kier molecular flexibility index (Phi) is 1.28. The zero-order valence-corrected chi connectivity index (χ0v) is 4.50. The van der Waals surface area contributed by atoms with Crippen molar-refractivity contribution in [1.29, 1.82) is 5.26 Å². The van der Waals surface area contributed by atoms with Crippen molar-refractivity contribution in [2.75, 3.05) is 5.73 Å². The van der Waals surface area contributed by atoms with Gasteiger partial charge in [-0.25, -0.2) is 9.97 Å². The van der Waals surface area contributed by atoms with Gasteiger partial charge in [0.2, 0.25) is 0 Å². The maximum absolute atomic E-state index is 8.28. The molecule has 1 radical (unpaired) electrons. The standard InChI is InChI=1S/C5H3N4/c6-1-4-2-8-3-9-5(4)7/h3H,(H2,7,8,9). The summed E-state index contributed by atoms with van der Waals surface area (Å²) in [6, 6.07) is 1.79. The van der Waals surface area contributed by atoms with Crippen molar-refractivity contribution in [3.63, 3.8) is 0 Å². The van der Waals surface area contributed by atoms with Gasteiger partial charge >= 0.3 is 0 Å². The summed E-state index contributed by atoms with van der Waals surface area (Å²) in [4.78, 5) is 7.04. The van der Waals surface area contributed by atoms with Crippen LogP contribution in [-0.2, 0) is 0 Å². The van der Waals surface area contributed by atoms with E-state index in [1.54, 1.807) is 6.07 Å². The number of anilines is 1. The second-order valence-electron chi connectivity index (χ2n) is 1.36. The van der Waals surface area contributed by atoms with Crippen molar-refractivity contribution in [2.45, 2.75) is 0 Å². The average molecular weight is 119 g/mol. The number of aromatic nitrogens is 2. The predicted molar refractivity (Wildman–Crippen MR) is 30.0 cm³/mol. The Morgan fingerprint density at radius 3 is 3.00 bits per heavy atom. The molecule has 0 aliphatic carbocycles. The first-order valence-corrected chi connectivity index (χ1v) is 2.23. The van der Waals surface area contributed by atoms with Gasteiger partial charge in [-0.2, -0.15) is 5.26 Å². The number of hydrogen-bond acceptors (Lipinski definition) is 4. The normalized spacial score (nSPS) is 8.33. The maximum atomic E-state index is 8.28. The molecule has 1 aromatic rings. The first-order valence-electron chi connectivity index (χ1n) is 2.23. The van der Waals surface area contributed by atoms with Crippen LogP contribution in [0, 0.1) is 17.5 Å². The molecule has 0 bridgehead atoms. The second kappa shape index (κ2) is 2.09. The third kappa shape index (κ3) is 0.941. The number of rotatable bonds is 0. The lowest BCUT2D eigenvalue weighted by molar-refractivity contribution is 1.15. The lowest BCUT2D eigenvalue weighted by Crippen LogP contribution is -1.94. The van der Waals surface area contributed by atoms with Crippen LogP contribution in [0.1, 0.15) is 5.56 Å². The number of nitrogen functional groups attached to an aromatic ring is 1. The summed E-state index contributed by atoms with van der Waals surface area (Å²) >= 11 is 0. The molecule has 1 heterocycles. The van der Waals surface area contributed by atoms with Gasteiger partial charge in [0.15, 0.2) is 0 Å². The molecule has 0 spiro atoms. The smallest absolute Gasteiger partial charge is 0.145 e. The van der Waals surface area contributed by atoms with E-state index >= 15 is 0 Å². The fourth-order valence-electron chi connectivity index (χ4n) is 0.389. The quantitative estimate of drug-likeness (QED) is 0.510. The van der Waals surface area contributed by atoms with Crippen LogP contribution < -0.4 is 5.73 Å². The highest BCUT2D eigenvalue weighted by Crippen LogP contribution is 1.99. The molecule has 0 amide bonds. The van der Waals surface area contributed by atoms with E-state index in [-0.39, 0.29) is 11.4 Å². The topological polar surface area (TPSA) is 75.6 Å². The van der Waals surface area contributed by atoms with Gasteiger partial charge in [-0.15, -0.1) is 0 Å². The summed E-state index contributed by atoms with van der Waals surface area (Å²) in [6.07, 6.45) is 3.63. The summed E-state index contributed by atoms with van der Waals surface area (Å²) < 4.78 is 0. The van der Waals surface area contributed by atoms with E-state index in [0.29, 0.717) is 0 Å². The Morgan fingerprint density at radius 2 is 2.56 bits per heavy atom. The highest BCUT2D eigenvalue weighted by molar-refractivity contribution is 5.44. The van der Waals surface area contributed by atoms with E-state index in [1.165, 1.54) is 6.33 Å². The minimum absolute atomic E-state index is 0.174. The lowest BCUT2D eigenvalue weighted by Gasteiger charge is -1.88. The fraction of sp³-hybridized carbons (Fsp3) is 0. The minimum atomic E-state index is 0.174. The first-order chi connectivity index (χ1) is 4.34. The summed E-state index contributed by atoms with van der Waals surface area (Å²) in [5.41, 5.74) is 5.42. The molecule has 0 aromatic carbocycles. The molecule has 4 nitrogen and oxygen atoms in total. The van der Waals surface area contributed by atoms with E-state index in [0.717, 1.165) is 0 Å². The molecule has 2 N–H and O–H groups in total. The third-order valence-corrected chi connectivity index (χ3v) is 0.799. The summed E-state index contributed by atoms with van der Waals surface area (Å²) in [5.74, 6) is 0.174. The molecule has 1 rings (SSSR count). The highest BCUT2D eigenvalue weighted by atomic mass is 14.9. The van der Waals surface area contributed by atoms with E-state index < -0.39 is 0 Å². The molecule has 4 heteroatoms. The van der Waals surface area contributed by atoms with Gasteiger partial charge in [0.25, 0.3) is 0 Å². The Hall–Kier alpha value is -1.63. The van der Waals surface area contributed by atoms with Crippen LogP contribution in [0.2, 0.25) is 0 Å². The molecule has 9 heavy (non-hydrogen) atoms. The molecule has 0 saturated heterocycles. The van der Waals surface area contributed by atoms with Crippen molar-refractivity contribution in [3.05, 3.63) is 18.1 Å². The monoisotopic (exact) mass is 119 g/mol. The largest absolute Gasteiger partial charge is 0.382 e. The zero-order chi connectivity index (χ0) is 6.69. The van der Waals surface area contributed by atoms with Gasteiger partial charge in [-0.3, -0.25) is 0 Å².